The first-order valence-electron chi connectivity index (χ1n) is 10.5. The molecule has 0 aromatic heterocycles. The van der Waals surface area contributed by atoms with Crippen LogP contribution in [0, 0.1) is 11.3 Å². The normalized spacial score (nSPS) is 21.2. The van der Waals surface area contributed by atoms with Crippen LogP contribution in [-0.2, 0) is 14.3 Å². The van der Waals surface area contributed by atoms with Gasteiger partial charge in [0.2, 0.25) is 5.91 Å². The second-order valence-electron chi connectivity index (χ2n) is 7.97. The Labute approximate surface area is 187 Å². The van der Waals surface area contributed by atoms with Crippen LogP contribution in [0.4, 0.5) is 0 Å². The average molecular weight is 510 g/mol. The van der Waals surface area contributed by atoms with Gasteiger partial charge in [-0.3, -0.25) is 9.79 Å². The number of nitrogens with one attached hydrogen (secondary N) is 2. The summed E-state index contributed by atoms with van der Waals surface area (Å²) in [6.45, 7) is 7.46. The van der Waals surface area contributed by atoms with Gasteiger partial charge in [-0.1, -0.05) is 12.8 Å². The van der Waals surface area contributed by atoms with Gasteiger partial charge in [0.25, 0.3) is 0 Å². The van der Waals surface area contributed by atoms with Crippen LogP contribution in [0.25, 0.3) is 0 Å². The van der Waals surface area contributed by atoms with Gasteiger partial charge < -0.3 is 25.0 Å². The predicted molar refractivity (Wildman–Crippen MR) is 123 cm³/mol. The van der Waals surface area contributed by atoms with Gasteiger partial charge >= 0.3 is 0 Å². The number of halogens is 1. The number of carbonyl (C=O) groups excluding carboxylic acids is 1. The second-order valence-corrected chi connectivity index (χ2v) is 7.97. The Balaban J connectivity index is 0.00000392. The van der Waals surface area contributed by atoms with Crippen molar-refractivity contribution in [3.8, 4) is 0 Å². The zero-order valence-corrected chi connectivity index (χ0v) is 20.1. The molecule has 0 bridgehead atoms. The number of ether oxygens (including phenoxy) is 2. The summed E-state index contributed by atoms with van der Waals surface area (Å²) < 4.78 is 11.1. The van der Waals surface area contributed by atoms with Gasteiger partial charge in [0, 0.05) is 46.3 Å². The number of hydrogen-bond acceptors (Lipinski definition) is 4. The summed E-state index contributed by atoms with van der Waals surface area (Å²) in [6, 6.07) is 0. The van der Waals surface area contributed by atoms with Crippen molar-refractivity contribution in [2.75, 3.05) is 60.2 Å². The minimum Gasteiger partial charge on any atom is -0.381 e. The molecular formula is C20H39IN4O3. The number of carbonyl (C=O) groups is 1. The predicted octanol–water partition coefficient (Wildman–Crippen LogP) is 2.25. The molecule has 0 aromatic carbocycles. The topological polar surface area (TPSA) is 75.2 Å². The number of hydrogen-bond donors (Lipinski definition) is 2. The maximum atomic E-state index is 12.7. The van der Waals surface area contributed by atoms with Crippen molar-refractivity contribution in [3.63, 3.8) is 0 Å². The molecule has 7 nitrogen and oxygen atoms in total. The summed E-state index contributed by atoms with van der Waals surface area (Å²) in [5.74, 6) is 1.57. The standard InChI is InChI=1S/C20H38N4O3.HI/c1-4-21-19(22-11-7-12-26-14-17-8-13-27-15-17)23-16-20(9-5-6-10-20)18(25)24(2)3;/h17H,4-16H2,1-3H3,(H2,21,22,23);1H. The summed E-state index contributed by atoms with van der Waals surface area (Å²) >= 11 is 0. The van der Waals surface area contributed by atoms with Crippen LogP contribution < -0.4 is 10.6 Å². The Morgan fingerprint density at radius 2 is 2.04 bits per heavy atom. The van der Waals surface area contributed by atoms with E-state index in [4.69, 9.17) is 14.5 Å². The minimum absolute atomic E-state index is 0. The first kappa shape index (κ1) is 25.4. The van der Waals surface area contributed by atoms with Crippen molar-refractivity contribution in [1.82, 2.24) is 15.5 Å². The molecular weight excluding hydrogens is 471 g/mol. The van der Waals surface area contributed by atoms with E-state index >= 15 is 0 Å². The van der Waals surface area contributed by atoms with E-state index in [0.29, 0.717) is 12.5 Å². The monoisotopic (exact) mass is 510 g/mol. The van der Waals surface area contributed by atoms with E-state index in [0.717, 1.165) is 84.0 Å². The zero-order valence-electron chi connectivity index (χ0n) is 17.8. The third-order valence-electron chi connectivity index (χ3n) is 5.44. The van der Waals surface area contributed by atoms with E-state index in [9.17, 15) is 4.79 Å². The van der Waals surface area contributed by atoms with E-state index in [1.807, 2.05) is 14.1 Å². The van der Waals surface area contributed by atoms with Gasteiger partial charge in [0.1, 0.15) is 0 Å². The number of guanidine groups is 1. The first-order valence-corrected chi connectivity index (χ1v) is 10.5. The number of amides is 1. The molecule has 1 saturated heterocycles. The van der Waals surface area contributed by atoms with Crippen molar-refractivity contribution in [2.45, 2.75) is 45.4 Å². The molecule has 1 unspecified atom stereocenters. The summed E-state index contributed by atoms with van der Waals surface area (Å²) in [7, 11) is 3.68. The molecule has 0 aromatic rings. The van der Waals surface area contributed by atoms with Crippen molar-refractivity contribution in [3.05, 3.63) is 0 Å². The van der Waals surface area contributed by atoms with E-state index in [2.05, 4.69) is 17.6 Å². The first-order chi connectivity index (χ1) is 13.1. The van der Waals surface area contributed by atoms with Crippen molar-refractivity contribution >= 4 is 35.8 Å². The van der Waals surface area contributed by atoms with Gasteiger partial charge in [-0.2, -0.15) is 0 Å². The molecule has 2 aliphatic rings. The molecule has 1 aliphatic heterocycles. The fourth-order valence-corrected chi connectivity index (χ4v) is 3.88. The van der Waals surface area contributed by atoms with Crippen LogP contribution in [-0.4, -0.2) is 76.9 Å². The molecule has 164 valence electrons. The Hall–Kier alpha value is -0.610. The van der Waals surface area contributed by atoms with E-state index < -0.39 is 0 Å². The Kier molecular flexibility index (Phi) is 12.3. The number of rotatable bonds is 10. The quantitative estimate of drug-likeness (QED) is 0.204. The highest BCUT2D eigenvalue weighted by molar-refractivity contribution is 14.0. The van der Waals surface area contributed by atoms with Crippen LogP contribution in [0.1, 0.15) is 45.4 Å². The van der Waals surface area contributed by atoms with Crippen LogP contribution in [0.5, 0.6) is 0 Å². The highest BCUT2D eigenvalue weighted by Crippen LogP contribution is 2.39. The molecule has 8 heteroatoms. The molecule has 1 saturated carbocycles. The second kappa shape index (κ2) is 13.6. The summed E-state index contributed by atoms with van der Waals surface area (Å²) in [5, 5.41) is 6.65. The van der Waals surface area contributed by atoms with Crippen LogP contribution >= 0.6 is 24.0 Å². The van der Waals surface area contributed by atoms with Gasteiger partial charge in [-0.05, 0) is 32.6 Å². The molecule has 1 atom stereocenters. The lowest BCUT2D eigenvalue weighted by Gasteiger charge is -2.29. The lowest BCUT2D eigenvalue weighted by molar-refractivity contribution is -0.138. The highest BCUT2D eigenvalue weighted by Gasteiger charge is 2.42. The lowest BCUT2D eigenvalue weighted by Crippen LogP contribution is -2.43. The largest absolute Gasteiger partial charge is 0.381 e. The van der Waals surface area contributed by atoms with Gasteiger partial charge in [-0.15, -0.1) is 24.0 Å². The fraction of sp³-hybridized carbons (Fsp3) is 0.900. The van der Waals surface area contributed by atoms with Crippen molar-refractivity contribution < 1.29 is 14.3 Å². The van der Waals surface area contributed by atoms with Crippen LogP contribution in [0.2, 0.25) is 0 Å². The average Bonchev–Trinajstić information content (AvgIpc) is 3.34. The molecule has 28 heavy (non-hydrogen) atoms. The third-order valence-corrected chi connectivity index (χ3v) is 5.44. The van der Waals surface area contributed by atoms with Gasteiger partial charge in [-0.25, -0.2) is 0 Å². The lowest BCUT2D eigenvalue weighted by atomic mass is 9.85. The molecule has 2 fully saturated rings. The fourth-order valence-electron chi connectivity index (χ4n) is 3.88. The number of nitrogens with zero attached hydrogens (tertiary/aromatic N) is 2. The van der Waals surface area contributed by atoms with Crippen LogP contribution in [0.15, 0.2) is 4.99 Å². The SMILES string of the molecule is CCNC(=NCC1(C(=O)N(C)C)CCCC1)NCCCOCC1CCOC1.I. The molecule has 2 rings (SSSR count). The molecule has 2 N–H and O–H groups in total. The van der Waals surface area contributed by atoms with Crippen LogP contribution in [0.3, 0.4) is 0 Å². The maximum absolute atomic E-state index is 12.7. The summed E-state index contributed by atoms with van der Waals surface area (Å²) in [4.78, 5) is 19.1. The smallest absolute Gasteiger partial charge is 0.230 e. The van der Waals surface area contributed by atoms with E-state index in [1.54, 1.807) is 4.90 Å². The Bertz CT molecular complexity index is 476. The maximum Gasteiger partial charge on any atom is 0.230 e. The Morgan fingerprint density at radius 3 is 2.64 bits per heavy atom. The minimum atomic E-state index is -0.321. The molecule has 0 radical (unpaired) electrons. The molecule has 1 aliphatic carbocycles. The third kappa shape index (κ3) is 8.02. The van der Waals surface area contributed by atoms with Gasteiger partial charge in [0.05, 0.1) is 25.2 Å². The Morgan fingerprint density at radius 1 is 1.29 bits per heavy atom. The summed E-state index contributed by atoms with van der Waals surface area (Å²) in [6.07, 6.45) is 6.14. The van der Waals surface area contributed by atoms with E-state index in [1.165, 1.54) is 0 Å². The molecule has 1 amide bonds. The highest BCUT2D eigenvalue weighted by atomic mass is 127. The zero-order chi connectivity index (χ0) is 19.5. The van der Waals surface area contributed by atoms with Gasteiger partial charge in [0.15, 0.2) is 5.96 Å². The number of aliphatic imine (C=N–C) groups is 1. The van der Waals surface area contributed by atoms with Crippen molar-refractivity contribution in [1.29, 1.82) is 0 Å². The van der Waals surface area contributed by atoms with Crippen molar-refractivity contribution in [2.24, 2.45) is 16.3 Å². The molecule has 1 heterocycles. The van der Waals surface area contributed by atoms with E-state index in [-0.39, 0.29) is 35.3 Å². The summed E-state index contributed by atoms with van der Waals surface area (Å²) in [5.41, 5.74) is -0.321. The molecule has 0 spiro atoms.